The first-order chi connectivity index (χ1) is 16.3. The highest BCUT2D eigenvalue weighted by Gasteiger charge is 2.26. The molecule has 180 valence electrons. The summed E-state index contributed by atoms with van der Waals surface area (Å²) < 4.78 is 29.3. The number of thioether (sulfide) groups is 1. The fourth-order valence-corrected chi connectivity index (χ4v) is 6.28. The van der Waals surface area contributed by atoms with Crippen molar-refractivity contribution >= 4 is 33.4 Å². The van der Waals surface area contributed by atoms with Crippen LogP contribution in [0.5, 0.6) is 0 Å². The number of piperidine rings is 1. The lowest BCUT2D eigenvalue weighted by molar-refractivity contribution is -0.115. The average molecular weight is 500 g/mol. The second kappa shape index (κ2) is 10.3. The molecule has 34 heavy (non-hydrogen) atoms. The number of aryl methyl sites for hydroxylation is 1. The Morgan fingerprint density at radius 2 is 1.79 bits per heavy atom. The summed E-state index contributed by atoms with van der Waals surface area (Å²) in [6.45, 7) is 4.88. The van der Waals surface area contributed by atoms with Crippen LogP contribution in [0.4, 0.5) is 5.69 Å². The molecule has 1 fully saturated rings. The van der Waals surface area contributed by atoms with Crippen LogP contribution in [0.15, 0.2) is 58.6 Å². The Bertz CT molecular complexity index is 1280. The van der Waals surface area contributed by atoms with E-state index in [0.717, 1.165) is 36.2 Å². The Kier molecular flexibility index (Phi) is 7.39. The highest BCUT2D eigenvalue weighted by Crippen LogP contribution is 2.27. The number of benzene rings is 2. The van der Waals surface area contributed by atoms with E-state index >= 15 is 0 Å². The topological polar surface area (TPSA) is 97.2 Å². The van der Waals surface area contributed by atoms with Crippen LogP contribution in [0.3, 0.4) is 0 Å². The first-order valence-corrected chi connectivity index (χ1v) is 13.6. The summed E-state index contributed by atoms with van der Waals surface area (Å²) >= 11 is 1.30. The third-order valence-corrected chi connectivity index (χ3v) is 8.85. The highest BCUT2D eigenvalue weighted by molar-refractivity contribution is 8.00. The molecule has 1 N–H and O–H groups in total. The van der Waals surface area contributed by atoms with Gasteiger partial charge in [-0.1, -0.05) is 48.0 Å². The van der Waals surface area contributed by atoms with Gasteiger partial charge in [0.1, 0.15) is 0 Å². The maximum absolute atomic E-state index is 13.0. The van der Waals surface area contributed by atoms with E-state index in [2.05, 4.69) is 15.5 Å². The SMILES string of the molecule is Cc1cccc(-c2nnc(SC(C)C(=O)Nc3cccc(S(=O)(=O)N4CCCCC4)c3)n2C)c1. The minimum atomic E-state index is -3.57. The molecule has 1 aromatic heterocycles. The number of hydrogen-bond donors (Lipinski definition) is 1. The van der Waals surface area contributed by atoms with Crippen molar-refractivity contribution in [3.63, 3.8) is 0 Å². The maximum atomic E-state index is 13.0. The normalized spacial score (nSPS) is 15.7. The van der Waals surface area contributed by atoms with Crippen LogP contribution in [-0.4, -0.2) is 51.7 Å². The molecule has 8 nitrogen and oxygen atoms in total. The molecule has 0 radical (unpaired) electrons. The van der Waals surface area contributed by atoms with Crippen molar-refractivity contribution in [3.8, 4) is 11.4 Å². The van der Waals surface area contributed by atoms with E-state index in [4.69, 9.17) is 0 Å². The minimum Gasteiger partial charge on any atom is -0.325 e. The fraction of sp³-hybridized carbons (Fsp3) is 0.375. The molecule has 0 saturated carbocycles. The number of nitrogens with one attached hydrogen (secondary N) is 1. The lowest BCUT2D eigenvalue weighted by atomic mass is 10.1. The van der Waals surface area contributed by atoms with E-state index < -0.39 is 15.3 Å². The largest absolute Gasteiger partial charge is 0.325 e. The number of hydrogen-bond acceptors (Lipinski definition) is 6. The summed E-state index contributed by atoms with van der Waals surface area (Å²) in [6.07, 6.45) is 2.80. The molecule has 1 amide bonds. The lowest BCUT2D eigenvalue weighted by Gasteiger charge is -2.26. The number of sulfonamides is 1. The fourth-order valence-electron chi connectivity index (χ4n) is 3.90. The number of amides is 1. The summed E-state index contributed by atoms with van der Waals surface area (Å²) in [5.41, 5.74) is 2.55. The first kappa shape index (κ1) is 24.4. The molecule has 0 spiro atoms. The smallest absolute Gasteiger partial charge is 0.243 e. The van der Waals surface area contributed by atoms with Gasteiger partial charge >= 0.3 is 0 Å². The van der Waals surface area contributed by atoms with E-state index in [1.54, 1.807) is 25.1 Å². The molecule has 1 unspecified atom stereocenters. The van der Waals surface area contributed by atoms with E-state index in [0.29, 0.717) is 23.9 Å². The van der Waals surface area contributed by atoms with Crippen LogP contribution in [-0.2, 0) is 21.9 Å². The predicted octanol–water partition coefficient (Wildman–Crippen LogP) is 4.08. The van der Waals surface area contributed by atoms with Crippen molar-refractivity contribution in [2.45, 2.75) is 48.4 Å². The Labute approximate surface area is 204 Å². The van der Waals surface area contributed by atoms with Crippen molar-refractivity contribution in [2.24, 2.45) is 7.05 Å². The predicted molar refractivity (Wildman–Crippen MR) is 134 cm³/mol. The molecule has 1 aliphatic rings. The van der Waals surface area contributed by atoms with Crippen LogP contribution >= 0.6 is 11.8 Å². The number of nitrogens with zero attached hydrogens (tertiary/aromatic N) is 4. The molecule has 2 heterocycles. The van der Waals surface area contributed by atoms with Crippen molar-refractivity contribution in [1.82, 2.24) is 19.1 Å². The molecular formula is C24H29N5O3S2. The molecule has 2 aromatic carbocycles. The molecule has 1 atom stereocenters. The van der Waals surface area contributed by atoms with Crippen molar-refractivity contribution < 1.29 is 13.2 Å². The summed E-state index contributed by atoms with van der Waals surface area (Å²) in [4.78, 5) is 13.1. The minimum absolute atomic E-state index is 0.198. The summed E-state index contributed by atoms with van der Waals surface area (Å²) in [6, 6.07) is 14.5. The molecule has 3 aromatic rings. The molecule has 10 heteroatoms. The van der Waals surface area contributed by atoms with Gasteiger partial charge in [-0.2, -0.15) is 4.31 Å². The van der Waals surface area contributed by atoms with Crippen molar-refractivity contribution in [3.05, 3.63) is 54.1 Å². The third-order valence-electron chi connectivity index (χ3n) is 5.82. The second-order valence-corrected chi connectivity index (χ2v) is 11.7. The summed E-state index contributed by atoms with van der Waals surface area (Å²) in [5.74, 6) is 0.493. The second-order valence-electron chi connectivity index (χ2n) is 8.48. The Morgan fingerprint density at radius 1 is 1.06 bits per heavy atom. The van der Waals surface area contributed by atoms with Crippen molar-refractivity contribution in [1.29, 1.82) is 0 Å². The molecule has 1 aliphatic heterocycles. The van der Waals surface area contributed by atoms with E-state index in [1.807, 2.05) is 42.8 Å². The molecule has 0 aliphatic carbocycles. The van der Waals surface area contributed by atoms with Gasteiger partial charge in [0.15, 0.2) is 11.0 Å². The third kappa shape index (κ3) is 5.34. The summed E-state index contributed by atoms with van der Waals surface area (Å²) in [5, 5.41) is 11.6. The summed E-state index contributed by atoms with van der Waals surface area (Å²) in [7, 11) is -1.69. The van der Waals surface area contributed by atoms with Crippen LogP contribution in [0.25, 0.3) is 11.4 Å². The van der Waals surface area contributed by atoms with Gasteiger partial charge in [-0.3, -0.25) is 4.79 Å². The van der Waals surface area contributed by atoms with Crippen molar-refractivity contribution in [2.75, 3.05) is 18.4 Å². The standard InChI is InChI=1S/C24H29N5O3S2/c1-17-9-7-10-19(15-17)22-26-27-24(28(22)3)33-18(2)23(30)25-20-11-8-12-21(16-20)34(31,32)29-13-5-4-6-14-29/h7-12,15-16,18H,4-6,13-14H2,1-3H3,(H,25,30). The Hall–Kier alpha value is -2.69. The van der Waals surface area contributed by atoms with Crippen LogP contribution in [0.2, 0.25) is 0 Å². The lowest BCUT2D eigenvalue weighted by Crippen LogP contribution is -2.35. The van der Waals surface area contributed by atoms with Gasteiger partial charge in [0, 0.05) is 31.4 Å². The Morgan fingerprint density at radius 3 is 2.53 bits per heavy atom. The number of aromatic nitrogens is 3. The molecule has 4 rings (SSSR count). The number of carbonyl (C=O) groups excluding carboxylic acids is 1. The van der Waals surface area contributed by atoms with Gasteiger partial charge in [-0.15, -0.1) is 10.2 Å². The first-order valence-electron chi connectivity index (χ1n) is 11.3. The van der Waals surface area contributed by atoms with Crippen LogP contribution < -0.4 is 5.32 Å². The van der Waals surface area contributed by atoms with Gasteiger partial charge in [0.05, 0.1) is 10.1 Å². The zero-order valence-electron chi connectivity index (χ0n) is 19.6. The molecule has 1 saturated heterocycles. The van der Waals surface area contributed by atoms with E-state index in [1.165, 1.54) is 22.1 Å². The van der Waals surface area contributed by atoms with Gasteiger partial charge < -0.3 is 9.88 Å². The van der Waals surface area contributed by atoms with Crippen LogP contribution in [0, 0.1) is 6.92 Å². The highest BCUT2D eigenvalue weighted by atomic mass is 32.2. The van der Waals surface area contributed by atoms with Gasteiger partial charge in [0.2, 0.25) is 15.9 Å². The molecular weight excluding hydrogens is 470 g/mol. The maximum Gasteiger partial charge on any atom is 0.243 e. The number of carbonyl (C=O) groups is 1. The number of anilines is 1. The van der Waals surface area contributed by atoms with E-state index in [9.17, 15) is 13.2 Å². The van der Waals surface area contributed by atoms with E-state index in [-0.39, 0.29) is 10.8 Å². The zero-order chi connectivity index (χ0) is 24.3. The Balaban J connectivity index is 1.44. The number of rotatable bonds is 7. The zero-order valence-corrected chi connectivity index (χ0v) is 21.2. The van der Waals surface area contributed by atoms with Gasteiger partial charge in [0.25, 0.3) is 0 Å². The monoisotopic (exact) mass is 499 g/mol. The van der Waals surface area contributed by atoms with Gasteiger partial charge in [-0.05, 0) is 51.0 Å². The van der Waals surface area contributed by atoms with Crippen LogP contribution in [0.1, 0.15) is 31.7 Å². The quantitative estimate of drug-likeness (QED) is 0.492. The average Bonchev–Trinajstić information content (AvgIpc) is 3.19. The van der Waals surface area contributed by atoms with Gasteiger partial charge in [-0.25, -0.2) is 8.42 Å². The molecule has 0 bridgehead atoms.